The van der Waals surface area contributed by atoms with Crippen LogP contribution in [0.15, 0.2) is 6.07 Å². The van der Waals surface area contributed by atoms with Crippen molar-refractivity contribution < 1.29 is 9.90 Å². The highest BCUT2D eigenvalue weighted by molar-refractivity contribution is 7.20. The number of hydrogen-bond acceptors (Lipinski definition) is 4. The van der Waals surface area contributed by atoms with Crippen molar-refractivity contribution in [3.8, 4) is 0 Å². The summed E-state index contributed by atoms with van der Waals surface area (Å²) in [5.41, 5.74) is 0.937. The van der Waals surface area contributed by atoms with Crippen molar-refractivity contribution in [2.45, 2.75) is 13.8 Å². The number of amides is 1. The predicted octanol–water partition coefficient (Wildman–Crippen LogP) is 1.30. The summed E-state index contributed by atoms with van der Waals surface area (Å²) in [5.74, 6) is -0.0115. The number of nitrogens with one attached hydrogen (secondary N) is 1. The van der Waals surface area contributed by atoms with Crippen LogP contribution in [0.4, 0.5) is 0 Å². The second-order valence-corrected chi connectivity index (χ2v) is 5.57. The van der Waals surface area contributed by atoms with Crippen LogP contribution in [-0.4, -0.2) is 33.9 Å². The predicted molar refractivity (Wildman–Crippen MR) is 71.9 cm³/mol. The van der Waals surface area contributed by atoms with Crippen LogP contribution < -0.4 is 5.32 Å². The van der Waals surface area contributed by atoms with Crippen LogP contribution in [0.25, 0.3) is 10.2 Å². The summed E-state index contributed by atoms with van der Waals surface area (Å²) < 4.78 is 1.79. The van der Waals surface area contributed by atoms with Gasteiger partial charge in [0.2, 0.25) is 0 Å². The molecule has 0 aliphatic rings. The molecule has 1 unspecified atom stereocenters. The molecular weight excluding hydrogens is 250 g/mol. The number of aryl methyl sites for hydroxylation is 2. The minimum absolute atomic E-state index is 0.0757. The van der Waals surface area contributed by atoms with E-state index in [1.807, 2.05) is 27.0 Å². The van der Waals surface area contributed by atoms with Crippen LogP contribution in [0.1, 0.15) is 22.3 Å². The average Bonchev–Trinajstić information content (AvgIpc) is 2.89. The molecule has 0 fully saturated rings. The van der Waals surface area contributed by atoms with Crippen molar-refractivity contribution in [3.05, 3.63) is 16.6 Å². The maximum Gasteiger partial charge on any atom is 0.261 e. The molecule has 18 heavy (non-hydrogen) atoms. The van der Waals surface area contributed by atoms with Gasteiger partial charge in [-0.3, -0.25) is 9.48 Å². The molecule has 6 heteroatoms. The SMILES string of the molecule is Cc1nn(C)c2sc(C(=O)NCC(C)CO)cc12. The van der Waals surface area contributed by atoms with E-state index in [1.165, 1.54) is 11.3 Å². The summed E-state index contributed by atoms with van der Waals surface area (Å²) in [7, 11) is 1.88. The first-order valence-corrected chi connectivity index (χ1v) is 6.66. The van der Waals surface area contributed by atoms with E-state index in [9.17, 15) is 4.79 Å². The number of hydrogen-bond donors (Lipinski definition) is 2. The van der Waals surface area contributed by atoms with E-state index >= 15 is 0 Å². The van der Waals surface area contributed by atoms with Crippen molar-refractivity contribution in [1.82, 2.24) is 15.1 Å². The zero-order valence-electron chi connectivity index (χ0n) is 10.7. The molecule has 1 atom stereocenters. The van der Waals surface area contributed by atoms with Gasteiger partial charge in [0, 0.05) is 25.6 Å². The molecule has 0 saturated heterocycles. The molecule has 0 radical (unpaired) electrons. The molecule has 2 rings (SSSR count). The Hall–Kier alpha value is -1.40. The lowest BCUT2D eigenvalue weighted by Gasteiger charge is -2.08. The van der Waals surface area contributed by atoms with Crippen LogP contribution in [0, 0.1) is 12.8 Å². The summed E-state index contributed by atoms with van der Waals surface area (Å²) in [4.78, 5) is 13.6. The number of aliphatic hydroxyl groups excluding tert-OH is 1. The van der Waals surface area contributed by atoms with E-state index in [0.717, 1.165) is 15.9 Å². The number of nitrogens with zero attached hydrogens (tertiary/aromatic N) is 2. The molecule has 2 aromatic heterocycles. The quantitative estimate of drug-likeness (QED) is 0.877. The van der Waals surface area contributed by atoms with Crippen molar-refractivity contribution in [2.24, 2.45) is 13.0 Å². The fourth-order valence-electron chi connectivity index (χ4n) is 1.74. The van der Waals surface area contributed by atoms with Crippen LogP contribution in [-0.2, 0) is 7.05 Å². The van der Waals surface area contributed by atoms with Gasteiger partial charge in [0.25, 0.3) is 5.91 Å². The molecule has 1 amide bonds. The molecule has 0 bridgehead atoms. The second-order valence-electron chi connectivity index (χ2n) is 4.54. The number of aliphatic hydroxyl groups is 1. The van der Waals surface area contributed by atoms with E-state index in [2.05, 4.69) is 10.4 Å². The van der Waals surface area contributed by atoms with E-state index in [4.69, 9.17) is 5.11 Å². The summed E-state index contributed by atoms with van der Waals surface area (Å²) in [6, 6.07) is 1.88. The van der Waals surface area contributed by atoms with Crippen LogP contribution in [0.5, 0.6) is 0 Å². The van der Waals surface area contributed by atoms with Crippen LogP contribution in [0.2, 0.25) is 0 Å². The van der Waals surface area contributed by atoms with Gasteiger partial charge in [-0.1, -0.05) is 6.92 Å². The Kier molecular flexibility index (Phi) is 3.68. The van der Waals surface area contributed by atoms with E-state index in [0.29, 0.717) is 11.4 Å². The molecule has 2 N–H and O–H groups in total. The van der Waals surface area contributed by atoms with E-state index in [-0.39, 0.29) is 18.4 Å². The third kappa shape index (κ3) is 2.39. The van der Waals surface area contributed by atoms with Gasteiger partial charge in [-0.25, -0.2) is 0 Å². The third-order valence-electron chi connectivity index (χ3n) is 2.84. The Morgan fingerprint density at radius 2 is 2.39 bits per heavy atom. The normalized spacial score (nSPS) is 12.9. The minimum Gasteiger partial charge on any atom is -0.396 e. The number of fused-ring (bicyclic) bond motifs is 1. The maximum absolute atomic E-state index is 11.9. The molecule has 0 aromatic carbocycles. The fraction of sp³-hybridized carbons (Fsp3) is 0.500. The lowest BCUT2D eigenvalue weighted by Crippen LogP contribution is -2.28. The Labute approximate surface area is 109 Å². The van der Waals surface area contributed by atoms with Gasteiger partial charge in [0.15, 0.2) is 0 Å². The summed E-state index contributed by atoms with van der Waals surface area (Å²) in [6.07, 6.45) is 0. The van der Waals surface area contributed by atoms with Crippen LogP contribution >= 0.6 is 11.3 Å². The second kappa shape index (κ2) is 5.07. The van der Waals surface area contributed by atoms with Gasteiger partial charge in [-0.2, -0.15) is 5.10 Å². The Balaban J connectivity index is 2.16. The Bertz CT molecular complexity index is 539. The fourth-order valence-corrected chi connectivity index (χ4v) is 2.78. The molecule has 2 heterocycles. The minimum atomic E-state index is -0.0871. The first kappa shape index (κ1) is 13.0. The van der Waals surface area contributed by atoms with Gasteiger partial charge in [-0.05, 0) is 18.9 Å². The van der Waals surface area contributed by atoms with Crippen molar-refractivity contribution in [2.75, 3.05) is 13.2 Å². The van der Waals surface area contributed by atoms with Crippen LogP contribution in [0.3, 0.4) is 0 Å². The first-order valence-electron chi connectivity index (χ1n) is 5.85. The lowest BCUT2D eigenvalue weighted by atomic mass is 10.2. The number of rotatable bonds is 4. The zero-order chi connectivity index (χ0) is 13.3. The molecular formula is C12H17N3O2S. The Morgan fingerprint density at radius 1 is 1.67 bits per heavy atom. The average molecular weight is 267 g/mol. The highest BCUT2D eigenvalue weighted by Gasteiger charge is 2.15. The van der Waals surface area contributed by atoms with Crippen molar-refractivity contribution in [1.29, 1.82) is 0 Å². The number of aromatic nitrogens is 2. The topological polar surface area (TPSA) is 67.2 Å². The number of carbonyl (C=O) groups excluding carboxylic acids is 1. The molecule has 0 saturated carbocycles. The highest BCUT2D eigenvalue weighted by atomic mass is 32.1. The van der Waals surface area contributed by atoms with Gasteiger partial charge in [0.05, 0.1) is 10.6 Å². The molecule has 0 aliphatic carbocycles. The monoisotopic (exact) mass is 267 g/mol. The van der Waals surface area contributed by atoms with Gasteiger partial charge >= 0.3 is 0 Å². The first-order chi connectivity index (χ1) is 8.52. The van der Waals surface area contributed by atoms with Gasteiger partial charge in [0.1, 0.15) is 4.83 Å². The molecule has 5 nitrogen and oxygen atoms in total. The lowest BCUT2D eigenvalue weighted by molar-refractivity contribution is 0.0946. The van der Waals surface area contributed by atoms with Crippen molar-refractivity contribution >= 4 is 27.5 Å². The third-order valence-corrected chi connectivity index (χ3v) is 4.04. The molecule has 2 aromatic rings. The number of thiophene rings is 1. The maximum atomic E-state index is 11.9. The van der Waals surface area contributed by atoms with E-state index in [1.54, 1.807) is 4.68 Å². The molecule has 0 aliphatic heterocycles. The van der Waals surface area contributed by atoms with Gasteiger partial charge < -0.3 is 10.4 Å². The summed E-state index contributed by atoms with van der Waals surface area (Å²) in [6.45, 7) is 4.39. The van der Waals surface area contributed by atoms with E-state index < -0.39 is 0 Å². The van der Waals surface area contributed by atoms with Gasteiger partial charge in [-0.15, -0.1) is 11.3 Å². The standard InChI is InChI=1S/C12H17N3O2S/c1-7(6-16)5-13-11(17)10-4-9-8(2)14-15(3)12(9)18-10/h4,7,16H,5-6H2,1-3H3,(H,13,17). The number of carbonyl (C=O) groups is 1. The molecule has 0 spiro atoms. The highest BCUT2D eigenvalue weighted by Crippen LogP contribution is 2.27. The smallest absolute Gasteiger partial charge is 0.261 e. The molecule has 98 valence electrons. The largest absolute Gasteiger partial charge is 0.396 e. The zero-order valence-corrected chi connectivity index (χ0v) is 11.5. The summed E-state index contributed by atoms with van der Waals surface area (Å²) in [5, 5.41) is 17.1. The summed E-state index contributed by atoms with van der Waals surface area (Å²) >= 11 is 1.44. The van der Waals surface area contributed by atoms with Crippen molar-refractivity contribution in [3.63, 3.8) is 0 Å². The Morgan fingerprint density at radius 3 is 3.00 bits per heavy atom.